The topological polar surface area (TPSA) is 55.8 Å². The number of carbonyl (C=O) groups excluding carboxylic acids is 2. The van der Waals surface area contributed by atoms with Gasteiger partial charge in [0, 0.05) is 40.7 Å². The quantitative estimate of drug-likeness (QED) is 0.715. The number of fused-ring (bicyclic) bond motifs is 1. The van der Waals surface area contributed by atoms with Gasteiger partial charge in [0.15, 0.2) is 5.78 Å². The Labute approximate surface area is 179 Å². The number of amides is 1. The first kappa shape index (κ1) is 20.0. The number of hydrogen-bond donors (Lipinski definition) is 0. The van der Waals surface area contributed by atoms with Gasteiger partial charge in [-0.1, -0.05) is 23.2 Å². The van der Waals surface area contributed by atoms with Crippen LogP contribution >= 0.6 is 23.2 Å². The minimum absolute atomic E-state index is 0.00758. The molecular weight excluding hydrogens is 413 g/mol. The molecule has 0 saturated carbocycles. The monoisotopic (exact) mass is 433 g/mol. The molecule has 2 aromatic rings. The molecule has 1 amide bonds. The van der Waals surface area contributed by atoms with Crippen molar-refractivity contribution in [1.82, 2.24) is 4.90 Å². The van der Waals surface area contributed by atoms with E-state index in [4.69, 9.17) is 32.7 Å². The first-order valence-corrected chi connectivity index (χ1v) is 10.4. The average molecular weight is 434 g/mol. The van der Waals surface area contributed by atoms with Crippen molar-refractivity contribution in [2.45, 2.75) is 19.3 Å². The predicted molar refractivity (Wildman–Crippen MR) is 111 cm³/mol. The van der Waals surface area contributed by atoms with Gasteiger partial charge in [0.05, 0.1) is 6.61 Å². The fourth-order valence-corrected chi connectivity index (χ4v) is 4.23. The molecule has 0 spiro atoms. The molecule has 5 nitrogen and oxygen atoms in total. The third-order valence-corrected chi connectivity index (χ3v) is 5.74. The smallest absolute Gasteiger partial charge is 0.253 e. The van der Waals surface area contributed by atoms with Gasteiger partial charge < -0.3 is 14.4 Å². The van der Waals surface area contributed by atoms with Gasteiger partial charge in [-0.2, -0.15) is 0 Å². The highest BCUT2D eigenvalue weighted by molar-refractivity contribution is 6.34. The van der Waals surface area contributed by atoms with Gasteiger partial charge in [-0.3, -0.25) is 9.59 Å². The van der Waals surface area contributed by atoms with Crippen molar-refractivity contribution in [3.8, 4) is 11.5 Å². The number of rotatable bonds is 4. The molecule has 0 bridgehead atoms. The van der Waals surface area contributed by atoms with Gasteiger partial charge in [0.25, 0.3) is 5.91 Å². The van der Waals surface area contributed by atoms with Crippen molar-refractivity contribution in [2.75, 3.05) is 26.3 Å². The summed E-state index contributed by atoms with van der Waals surface area (Å²) in [6.45, 7) is 2.03. The maximum Gasteiger partial charge on any atom is 0.253 e. The number of ketones is 1. The van der Waals surface area contributed by atoms with Gasteiger partial charge in [0.2, 0.25) is 0 Å². The molecule has 1 fully saturated rings. The summed E-state index contributed by atoms with van der Waals surface area (Å²) in [5, 5.41) is 1.09. The van der Waals surface area contributed by atoms with E-state index in [9.17, 15) is 9.59 Å². The number of halogens is 2. The number of piperidine rings is 1. The van der Waals surface area contributed by atoms with Gasteiger partial charge >= 0.3 is 0 Å². The van der Waals surface area contributed by atoms with Crippen LogP contribution in [0.4, 0.5) is 0 Å². The van der Waals surface area contributed by atoms with Crippen LogP contribution in [-0.4, -0.2) is 42.9 Å². The van der Waals surface area contributed by atoms with E-state index in [1.165, 1.54) is 0 Å². The molecule has 2 heterocycles. The van der Waals surface area contributed by atoms with Crippen LogP contribution in [0.5, 0.6) is 11.5 Å². The lowest BCUT2D eigenvalue weighted by molar-refractivity contribution is -0.121. The third-order valence-electron chi connectivity index (χ3n) is 5.31. The van der Waals surface area contributed by atoms with Crippen LogP contribution in [0.15, 0.2) is 36.4 Å². The molecule has 7 heteroatoms. The summed E-state index contributed by atoms with van der Waals surface area (Å²) in [5.74, 6) is 1.74. The molecule has 4 rings (SSSR count). The lowest BCUT2D eigenvalue weighted by Gasteiger charge is -2.32. The van der Waals surface area contributed by atoms with Gasteiger partial charge in [0.1, 0.15) is 18.1 Å². The molecule has 2 aliphatic heterocycles. The Kier molecular flexibility index (Phi) is 5.97. The Hall–Kier alpha value is -2.24. The van der Waals surface area contributed by atoms with Crippen LogP contribution in [0, 0.1) is 5.92 Å². The SMILES string of the molecule is O=C1COc2ccc(C(=O)N3CCC(COc4cc(Cl)cc(Cl)c4)CC3)cc2C1. The fraction of sp³-hybridized carbons (Fsp3) is 0.364. The van der Waals surface area contributed by atoms with Crippen LogP contribution in [0.1, 0.15) is 28.8 Å². The van der Waals surface area contributed by atoms with Crippen LogP contribution in [0.3, 0.4) is 0 Å². The lowest BCUT2D eigenvalue weighted by Crippen LogP contribution is -2.39. The Morgan fingerprint density at radius 1 is 1.10 bits per heavy atom. The molecule has 1 saturated heterocycles. The van der Waals surface area contributed by atoms with Gasteiger partial charge in [-0.05, 0) is 55.2 Å². The second kappa shape index (κ2) is 8.64. The van der Waals surface area contributed by atoms with Gasteiger partial charge in [-0.25, -0.2) is 0 Å². The van der Waals surface area contributed by atoms with Crippen LogP contribution in [0.25, 0.3) is 0 Å². The number of hydrogen-bond acceptors (Lipinski definition) is 4. The van der Waals surface area contributed by atoms with E-state index < -0.39 is 0 Å². The summed E-state index contributed by atoms with van der Waals surface area (Å²) in [7, 11) is 0. The number of Topliss-reactive ketones (excluding diaryl/α,β-unsaturated/α-hetero) is 1. The number of carbonyl (C=O) groups is 2. The molecule has 0 aliphatic carbocycles. The Balaban J connectivity index is 1.32. The van der Waals surface area contributed by atoms with Crippen LogP contribution < -0.4 is 9.47 Å². The average Bonchev–Trinajstić information content (AvgIpc) is 2.71. The van der Waals surface area contributed by atoms with Crippen LogP contribution in [0.2, 0.25) is 10.0 Å². The van der Waals surface area contributed by atoms with E-state index in [-0.39, 0.29) is 18.3 Å². The number of benzene rings is 2. The molecule has 29 heavy (non-hydrogen) atoms. The Morgan fingerprint density at radius 2 is 1.83 bits per heavy atom. The molecule has 0 radical (unpaired) electrons. The third kappa shape index (κ3) is 4.85. The van der Waals surface area contributed by atoms with Gasteiger partial charge in [-0.15, -0.1) is 0 Å². The highest BCUT2D eigenvalue weighted by Gasteiger charge is 2.25. The predicted octanol–water partition coefficient (Wildman–Crippen LogP) is 4.43. The normalized spacial score (nSPS) is 16.9. The molecule has 0 atom stereocenters. The summed E-state index contributed by atoms with van der Waals surface area (Å²) in [6, 6.07) is 10.5. The Bertz CT molecular complexity index is 918. The zero-order chi connectivity index (χ0) is 20.4. The largest absolute Gasteiger partial charge is 0.493 e. The van der Waals surface area contributed by atoms with E-state index in [1.807, 2.05) is 4.90 Å². The van der Waals surface area contributed by atoms with E-state index in [1.54, 1.807) is 36.4 Å². The molecular formula is C22H21Cl2NO4. The maximum atomic E-state index is 12.9. The summed E-state index contributed by atoms with van der Waals surface area (Å²) >= 11 is 12.0. The van der Waals surface area contributed by atoms with Crippen molar-refractivity contribution < 1.29 is 19.1 Å². The summed E-state index contributed by atoms with van der Waals surface area (Å²) < 4.78 is 11.2. The molecule has 0 N–H and O–H groups in total. The van der Waals surface area contributed by atoms with Crippen molar-refractivity contribution >= 4 is 34.9 Å². The second-order valence-electron chi connectivity index (χ2n) is 7.48. The lowest BCUT2D eigenvalue weighted by atomic mass is 9.96. The highest BCUT2D eigenvalue weighted by atomic mass is 35.5. The van der Waals surface area contributed by atoms with Crippen molar-refractivity contribution in [2.24, 2.45) is 5.92 Å². The highest BCUT2D eigenvalue weighted by Crippen LogP contribution is 2.28. The summed E-state index contributed by atoms with van der Waals surface area (Å²) in [4.78, 5) is 26.3. The van der Waals surface area contributed by atoms with E-state index in [2.05, 4.69) is 0 Å². The number of nitrogens with zero attached hydrogens (tertiary/aromatic N) is 1. The van der Waals surface area contributed by atoms with E-state index >= 15 is 0 Å². The summed E-state index contributed by atoms with van der Waals surface area (Å²) in [6.07, 6.45) is 2.06. The molecule has 152 valence electrons. The minimum Gasteiger partial charge on any atom is -0.493 e. The Morgan fingerprint density at radius 3 is 2.55 bits per heavy atom. The zero-order valence-electron chi connectivity index (χ0n) is 15.8. The first-order valence-electron chi connectivity index (χ1n) is 9.63. The van der Waals surface area contributed by atoms with Crippen LogP contribution in [-0.2, 0) is 11.2 Å². The number of likely N-dealkylation sites (tertiary alicyclic amines) is 1. The molecule has 0 aromatic heterocycles. The molecule has 2 aromatic carbocycles. The standard InChI is InChI=1S/C22H21Cl2NO4/c23-17-9-18(24)11-20(10-17)28-12-14-3-5-25(6-4-14)22(27)15-1-2-21-16(7-15)8-19(26)13-29-21/h1-2,7,9-11,14H,3-6,8,12-13H2. The van der Waals surface area contributed by atoms with E-state index in [0.717, 1.165) is 18.4 Å². The fourth-order valence-electron chi connectivity index (χ4n) is 3.72. The van der Waals surface area contributed by atoms with E-state index in [0.29, 0.717) is 59.1 Å². The molecule has 0 unspecified atom stereocenters. The van der Waals surface area contributed by atoms with Crippen molar-refractivity contribution in [3.63, 3.8) is 0 Å². The number of ether oxygens (including phenoxy) is 2. The summed E-state index contributed by atoms with van der Waals surface area (Å²) in [5.41, 5.74) is 1.39. The zero-order valence-corrected chi connectivity index (χ0v) is 17.3. The second-order valence-corrected chi connectivity index (χ2v) is 8.35. The maximum absolute atomic E-state index is 12.9. The van der Waals surface area contributed by atoms with Crippen molar-refractivity contribution in [1.29, 1.82) is 0 Å². The first-order chi connectivity index (χ1) is 14.0. The molecule has 2 aliphatic rings. The van der Waals surface area contributed by atoms with Crippen molar-refractivity contribution in [3.05, 3.63) is 57.6 Å². The minimum atomic E-state index is -0.00758.